The highest BCUT2D eigenvalue weighted by atomic mass is 32.2. The Kier molecular flexibility index (Phi) is 23.9. The number of hydrogen-bond donors (Lipinski definition) is 12. The van der Waals surface area contributed by atoms with Gasteiger partial charge in [-0.3, -0.25) is 57.5 Å². The lowest BCUT2D eigenvalue weighted by atomic mass is 9.83. The van der Waals surface area contributed by atoms with Gasteiger partial charge in [0.1, 0.15) is 16.6 Å². The number of benzene rings is 3. The Morgan fingerprint density at radius 1 is 0.243 bits per heavy atom. The van der Waals surface area contributed by atoms with Crippen molar-refractivity contribution >= 4 is 230 Å². The Hall–Kier alpha value is -6.45. The molecule has 6 aliphatic heterocycles. The maximum Gasteiger partial charge on any atom is 0.341 e. The van der Waals surface area contributed by atoms with Gasteiger partial charge in [-0.25, -0.2) is 14.4 Å². The van der Waals surface area contributed by atoms with E-state index in [1.54, 1.807) is 0 Å². The van der Waals surface area contributed by atoms with E-state index in [0.29, 0.717) is 0 Å². The van der Waals surface area contributed by atoms with Gasteiger partial charge in [0.2, 0.25) is 0 Å². The predicted octanol–water partition coefficient (Wildman–Crippen LogP) is 11.8. The van der Waals surface area contributed by atoms with Crippen LogP contribution in [0.5, 0.6) is 0 Å². The van der Waals surface area contributed by atoms with Crippen LogP contribution in [0.25, 0.3) is 0 Å². The number of aliphatic carboxylic acids is 9. The average molecular weight is 2170 g/mol. The van der Waals surface area contributed by atoms with Crippen molar-refractivity contribution in [1.82, 2.24) is 16.0 Å². The number of carbonyl (C=O) groups excluding carboxylic acids is 6. The monoisotopic (exact) mass is 2170 g/mol. The molecule has 3 aromatic carbocycles. The predicted molar refractivity (Wildman–Crippen MR) is 506 cm³/mol. The standard InChI is InChI=1S/C85H108N3O36S12/c1-77(2)125-62-56(63-69(132-78(3,4)126-63)59(68(62)131-77)74(110)122-31-43(89)86-83(34-113-22-13-46(92)93,35-114-23-14-47(94)95)36-115-24-15-48(96)97)55(57-64-70(133-79(5,6)127-64)60(71-65(57)128-80(7,8)134-71)75(111)123-32-44(90)87-84(37-116-25-16-49(98)99,38-117-26-17-50(100)101)39-118-27-18-51(102)103)58-66-72(135-81(9,10)129-66)61(73-67(58)130-82(11,12)136-73)76(112)124-33-45(91)88-85(40-119-28-19-52(104)105,41-120-29-20-53(106)107)42-121-30-21-54(108)109/h13-42H2,1-12H3,(H,86,89)(H,87,90)(H,88,91)(H,92,93)(H,94,95)(H,96,97)(H,98,99)(H,100,101)(H,102,103)(H,104,105)(H,106,107)(H,108,109)/i1D3,2D3,3D3,4D3,5D3,6D3,7D3,8D3,9D3,10D3,11D3,12D3,31D2,32D2,33D2. The van der Waals surface area contributed by atoms with Crippen molar-refractivity contribution in [3.63, 3.8) is 0 Å². The van der Waals surface area contributed by atoms with Crippen LogP contribution in [0.1, 0.15) is 245 Å². The van der Waals surface area contributed by atoms with Crippen LogP contribution in [-0.2, 0) is 114 Å². The van der Waals surface area contributed by atoms with Crippen LogP contribution in [0.2, 0.25) is 0 Å². The van der Waals surface area contributed by atoms with Crippen LogP contribution >= 0.6 is 141 Å². The Labute approximate surface area is 892 Å². The molecular weight excluding hydrogens is 2020 g/mol. The van der Waals surface area contributed by atoms with Crippen molar-refractivity contribution in [2.75, 3.05) is 139 Å². The van der Waals surface area contributed by atoms with Crippen LogP contribution in [0.15, 0.2) is 58.7 Å². The molecule has 136 heavy (non-hydrogen) atoms. The highest BCUT2D eigenvalue weighted by molar-refractivity contribution is 8.23. The molecule has 0 unspecified atom stereocenters. The normalized spacial score (nSPS) is 22.4. The number of nitrogens with one attached hydrogen (secondary N) is 3. The summed E-state index contributed by atoms with van der Waals surface area (Å²) < 4.78 is 443. The first-order valence-corrected chi connectivity index (χ1v) is 48.3. The van der Waals surface area contributed by atoms with Gasteiger partial charge in [-0.2, -0.15) is 0 Å². The molecule has 0 fully saturated rings. The molecule has 0 atom stereocenters. The highest BCUT2D eigenvalue weighted by Crippen LogP contribution is 2.75. The molecule has 39 nitrogen and oxygen atoms in total. The van der Waals surface area contributed by atoms with E-state index in [1.165, 1.54) is 0 Å². The second kappa shape index (κ2) is 49.0. The minimum Gasteiger partial charge on any atom is -0.481 e. The summed E-state index contributed by atoms with van der Waals surface area (Å²) in [6.45, 7) is -86.4. The summed E-state index contributed by atoms with van der Waals surface area (Å²) >= 11 is -8.52. The summed E-state index contributed by atoms with van der Waals surface area (Å²) in [5, 5.41) is 92.8. The number of rotatable bonds is 60. The summed E-state index contributed by atoms with van der Waals surface area (Å²) in [6.07, 6.45) is -8.26. The van der Waals surface area contributed by atoms with Gasteiger partial charge in [-0.1, -0.05) is 0 Å². The molecular formula is C85H108N3O36S12. The molecule has 6 heterocycles. The van der Waals surface area contributed by atoms with Gasteiger partial charge < -0.3 is 119 Å². The van der Waals surface area contributed by atoms with Gasteiger partial charge in [0.25, 0.3) is 17.7 Å². The first-order valence-electron chi connectivity index (χ1n) is 59.5. The van der Waals surface area contributed by atoms with Crippen LogP contribution < -0.4 is 16.0 Å². The lowest BCUT2D eigenvalue weighted by Gasteiger charge is -2.34. The molecule has 0 saturated carbocycles. The summed E-state index contributed by atoms with van der Waals surface area (Å²) in [4.78, 5) is 185. The molecule has 0 bridgehead atoms. The quantitative estimate of drug-likeness (QED) is 0.0108. The zero-order chi connectivity index (χ0) is 136. The van der Waals surface area contributed by atoms with Gasteiger partial charge >= 0.3 is 71.6 Å². The molecule has 0 aromatic heterocycles. The summed E-state index contributed by atoms with van der Waals surface area (Å²) in [5.74, 6) is -31.2. The Balaban J connectivity index is 1.68. The van der Waals surface area contributed by atoms with Crippen molar-refractivity contribution in [3.8, 4) is 0 Å². The average Bonchev–Trinajstić information content (AvgIpc) is 1.49. The smallest absolute Gasteiger partial charge is 0.341 e. The number of carboxylic acids is 9. The fraction of sp³-hybridized carbons (Fsp3) is 0.600. The lowest BCUT2D eigenvalue weighted by molar-refractivity contribution is -0.142. The Morgan fingerprint density at radius 2 is 0.375 bits per heavy atom. The van der Waals surface area contributed by atoms with E-state index in [0.717, 1.165) is 0 Å². The minimum absolute atomic E-state index is 0.703. The van der Waals surface area contributed by atoms with Gasteiger partial charge in [0.15, 0.2) is 19.7 Å². The molecule has 0 aliphatic carbocycles. The second-order valence-electron chi connectivity index (χ2n) is 28.9. The molecule has 0 saturated heterocycles. The summed E-state index contributed by atoms with van der Waals surface area (Å²) in [7, 11) is 0. The number of carboxylic acid groups (broad SMARTS) is 9. The van der Waals surface area contributed by atoms with Crippen molar-refractivity contribution < 1.29 is 232 Å². The van der Waals surface area contributed by atoms with Gasteiger partial charge in [0.05, 0.1) is 232 Å². The van der Waals surface area contributed by atoms with Crippen LogP contribution in [0.3, 0.4) is 0 Å². The maximum absolute atomic E-state index is 17.0. The number of carbonyl (C=O) groups is 15. The van der Waals surface area contributed by atoms with E-state index in [4.69, 9.17) is 56.8 Å². The van der Waals surface area contributed by atoms with E-state index >= 15 is 28.8 Å². The summed E-state index contributed by atoms with van der Waals surface area (Å²) in [5.41, 5.74) is -18.8. The zero-order valence-corrected chi connectivity index (χ0v) is 79.3. The number of hydrogen-bond acceptors (Lipinski definition) is 39. The largest absolute Gasteiger partial charge is 0.481 e. The third kappa shape index (κ3) is 32.3. The van der Waals surface area contributed by atoms with E-state index in [-0.39, 0.29) is 0 Å². The molecule has 51 heteroatoms. The SMILES string of the molecule is [2H]C([2H])(OC(=O)c1c2c(c([C](c3c4c(c(C(=O)OC([2H])([2H])C(=O)NC(COCCC(=O)O)(COCCC(=O)O)COCCC(=O)O)c5c3SC(C([2H])([2H])[2H])(C([2H])([2H])[2H])S5)SC(C([2H])([2H])[2H])(C([2H])([2H])[2H])S4)c3c4c(c(C(=O)OC([2H])([2H])C(=O)NC(COCCC(=O)O)(COCCC(=O)O)COCCC(=O)O)c5c3SC(C([2H])([2H])[2H])(C([2H])([2H])[2H])S5)SC(C([2H])([2H])[2H])(C([2H])([2H])[2H])S4)c3c1SC(C([2H])([2H])[2H])(C([2H])([2H])[2H])S3)SC(C([2H])([2H])[2H])(C([2H])([2H])[2H])S2)C(=O)NC(COCCC(=O)O)(COCCC(=O)O)COCCC(=O)O. The van der Waals surface area contributed by atoms with Crippen LogP contribution in [0.4, 0.5) is 0 Å². The topological polar surface area (TPSA) is 585 Å². The van der Waals surface area contributed by atoms with Crippen LogP contribution in [0, 0.1) is 5.92 Å². The van der Waals surface area contributed by atoms with Crippen molar-refractivity contribution in [1.29, 1.82) is 0 Å². The number of esters is 3. The Morgan fingerprint density at radius 3 is 0.500 bits per heavy atom. The maximum atomic E-state index is 17.0. The molecule has 9 rings (SSSR count). The minimum atomic E-state index is -4.66. The van der Waals surface area contributed by atoms with Crippen molar-refractivity contribution in [2.24, 2.45) is 0 Å². The molecule has 0 spiro atoms. The summed E-state index contributed by atoms with van der Waals surface area (Å²) in [6, 6.07) is 0. The molecule has 751 valence electrons. The fourth-order valence-electron chi connectivity index (χ4n) is 12.4. The number of amides is 3. The van der Waals surface area contributed by atoms with Crippen molar-refractivity contribution in [2.45, 2.75) is 240 Å². The fourth-order valence-corrected chi connectivity index (χ4v) is 27.6. The van der Waals surface area contributed by atoms with E-state index in [9.17, 15) is 147 Å². The second-order valence-corrected chi connectivity index (χ2v) is 45.2. The number of ether oxygens (including phenoxy) is 12. The number of fused-ring (bicyclic) bond motifs is 6. The first kappa shape index (κ1) is 66.4. The molecule has 12 N–H and O–H groups in total. The molecule has 3 amide bonds. The first-order chi connectivity index (χ1) is 80.8. The van der Waals surface area contributed by atoms with Crippen molar-refractivity contribution in [3.05, 3.63) is 39.3 Å². The third-order valence-corrected chi connectivity index (χ3v) is 32.2. The third-order valence-electron chi connectivity index (χ3n) is 17.7. The zero-order valence-electron chi connectivity index (χ0n) is 112. The van der Waals surface area contributed by atoms with Crippen LogP contribution in [-0.4, -0.2) is 315 Å². The van der Waals surface area contributed by atoms with E-state index in [2.05, 4.69) is 0 Å². The van der Waals surface area contributed by atoms with Gasteiger partial charge in [-0.15, -0.1) is 141 Å². The molecule has 3 aromatic rings. The molecule has 1 radical (unpaired) electrons. The van der Waals surface area contributed by atoms with Gasteiger partial charge in [0, 0.05) is 108 Å². The van der Waals surface area contributed by atoms with E-state index < -0.39 is 648 Å². The van der Waals surface area contributed by atoms with E-state index in [1.807, 2.05) is 16.0 Å². The Bertz CT molecular complexity index is 5730. The lowest BCUT2D eigenvalue weighted by Crippen LogP contribution is -2.59. The van der Waals surface area contributed by atoms with Gasteiger partial charge in [-0.05, 0) is 98.9 Å². The highest BCUT2D eigenvalue weighted by Gasteiger charge is 2.55. The molecule has 6 aliphatic rings. The number of thioether (sulfide) groups is 12.